The van der Waals surface area contributed by atoms with Crippen molar-refractivity contribution >= 4 is 0 Å². The number of hydrogen-bond acceptors (Lipinski definition) is 0. The largest absolute Gasteiger partial charge is 0.0654 e. The molecule has 0 aromatic carbocycles. The van der Waals surface area contributed by atoms with Gasteiger partial charge in [0.25, 0.3) is 0 Å². The summed E-state index contributed by atoms with van der Waals surface area (Å²) < 4.78 is 0. The molecule has 0 atom stereocenters. The molecule has 21 heavy (non-hydrogen) atoms. The fourth-order valence-electron chi connectivity index (χ4n) is 3.93. The van der Waals surface area contributed by atoms with Gasteiger partial charge in [-0.05, 0) is 5.92 Å². The third-order valence-corrected chi connectivity index (χ3v) is 5.44. The quantitative estimate of drug-likeness (QED) is 0.450. The van der Waals surface area contributed by atoms with E-state index >= 15 is 0 Å². The summed E-state index contributed by atoms with van der Waals surface area (Å²) in [6.45, 7) is 2.32. The SMILES string of the molecule is CCCCCCC1CCCCCCCCCCCCCC1. The second kappa shape index (κ2) is 14.9. The van der Waals surface area contributed by atoms with Crippen LogP contribution in [0.4, 0.5) is 0 Å². The van der Waals surface area contributed by atoms with Crippen molar-refractivity contribution in [2.75, 3.05) is 0 Å². The Hall–Kier alpha value is 0. The summed E-state index contributed by atoms with van der Waals surface area (Å²) in [6, 6.07) is 0. The average Bonchev–Trinajstić information content (AvgIpc) is 2.51. The van der Waals surface area contributed by atoms with E-state index in [1.165, 1.54) is 122 Å². The third kappa shape index (κ3) is 12.2. The molecule has 0 saturated heterocycles. The van der Waals surface area contributed by atoms with Gasteiger partial charge in [0.2, 0.25) is 0 Å². The standard InChI is InChI=1S/C21H42/c1-2-3-4-15-18-21-19-16-13-11-9-7-5-6-8-10-12-14-17-20-21/h21H,2-20H2,1H3. The maximum Gasteiger partial charge on any atom is -0.0414 e. The molecule has 0 aromatic rings. The molecule has 1 rings (SSSR count). The van der Waals surface area contributed by atoms with E-state index in [-0.39, 0.29) is 0 Å². The maximum atomic E-state index is 2.32. The molecule has 0 bridgehead atoms. The second-order valence-electron chi connectivity index (χ2n) is 7.54. The van der Waals surface area contributed by atoms with E-state index in [2.05, 4.69) is 6.92 Å². The molecule has 1 aliphatic rings. The summed E-state index contributed by atoms with van der Waals surface area (Å²) in [4.78, 5) is 0. The molecular weight excluding hydrogens is 252 g/mol. The fourth-order valence-corrected chi connectivity index (χ4v) is 3.93. The zero-order chi connectivity index (χ0) is 15.0. The van der Waals surface area contributed by atoms with Crippen LogP contribution >= 0.6 is 0 Å². The highest BCUT2D eigenvalue weighted by atomic mass is 14.1. The van der Waals surface area contributed by atoms with Crippen molar-refractivity contribution in [2.45, 2.75) is 129 Å². The monoisotopic (exact) mass is 294 g/mol. The molecule has 0 aliphatic heterocycles. The summed E-state index contributed by atoms with van der Waals surface area (Å²) in [5.74, 6) is 1.06. The molecule has 1 aliphatic carbocycles. The molecule has 0 heterocycles. The van der Waals surface area contributed by atoms with Crippen LogP contribution in [0.2, 0.25) is 0 Å². The van der Waals surface area contributed by atoms with E-state index < -0.39 is 0 Å². The van der Waals surface area contributed by atoms with Crippen molar-refractivity contribution in [3.63, 3.8) is 0 Å². The van der Waals surface area contributed by atoms with Gasteiger partial charge in [-0.2, -0.15) is 0 Å². The van der Waals surface area contributed by atoms with Crippen molar-refractivity contribution in [1.29, 1.82) is 0 Å². The van der Waals surface area contributed by atoms with Crippen LogP contribution in [-0.2, 0) is 0 Å². The molecule has 0 aromatic heterocycles. The lowest BCUT2D eigenvalue weighted by atomic mass is 9.89. The Morgan fingerprint density at radius 2 is 0.952 bits per heavy atom. The van der Waals surface area contributed by atoms with Gasteiger partial charge < -0.3 is 0 Å². The highest BCUT2D eigenvalue weighted by molar-refractivity contribution is 4.62. The molecule has 1 saturated carbocycles. The Labute approximate surface area is 135 Å². The van der Waals surface area contributed by atoms with E-state index in [1.807, 2.05) is 0 Å². The first-order valence-electron chi connectivity index (χ1n) is 10.4. The molecule has 0 unspecified atom stereocenters. The van der Waals surface area contributed by atoms with Crippen LogP contribution in [0.1, 0.15) is 129 Å². The van der Waals surface area contributed by atoms with Gasteiger partial charge in [0.15, 0.2) is 0 Å². The van der Waals surface area contributed by atoms with Crippen molar-refractivity contribution in [1.82, 2.24) is 0 Å². The normalized spacial score (nSPS) is 21.6. The van der Waals surface area contributed by atoms with Gasteiger partial charge in [-0.1, -0.05) is 129 Å². The molecule has 126 valence electrons. The maximum absolute atomic E-state index is 2.32. The van der Waals surface area contributed by atoms with Gasteiger partial charge in [-0.25, -0.2) is 0 Å². The summed E-state index contributed by atoms with van der Waals surface area (Å²) >= 11 is 0. The first kappa shape index (κ1) is 19.0. The molecular formula is C21H42. The molecule has 0 spiro atoms. The van der Waals surface area contributed by atoms with Crippen LogP contribution in [0.5, 0.6) is 0 Å². The Morgan fingerprint density at radius 3 is 1.38 bits per heavy atom. The molecule has 0 radical (unpaired) electrons. The Bertz CT molecular complexity index is 180. The van der Waals surface area contributed by atoms with Crippen LogP contribution in [0.3, 0.4) is 0 Å². The van der Waals surface area contributed by atoms with Gasteiger partial charge >= 0.3 is 0 Å². The van der Waals surface area contributed by atoms with Gasteiger partial charge in [0.05, 0.1) is 0 Å². The zero-order valence-corrected chi connectivity index (χ0v) is 15.0. The van der Waals surface area contributed by atoms with Crippen LogP contribution < -0.4 is 0 Å². The van der Waals surface area contributed by atoms with Gasteiger partial charge in [0.1, 0.15) is 0 Å². The van der Waals surface area contributed by atoms with E-state index in [9.17, 15) is 0 Å². The Morgan fingerprint density at radius 1 is 0.524 bits per heavy atom. The topological polar surface area (TPSA) is 0 Å². The first-order chi connectivity index (χ1) is 10.4. The van der Waals surface area contributed by atoms with Crippen molar-refractivity contribution < 1.29 is 0 Å². The Balaban J connectivity index is 2.20. The van der Waals surface area contributed by atoms with Crippen LogP contribution in [0, 0.1) is 5.92 Å². The smallest absolute Gasteiger partial charge is 0.0414 e. The lowest BCUT2D eigenvalue weighted by Gasteiger charge is -2.17. The Kier molecular flexibility index (Phi) is 13.5. The van der Waals surface area contributed by atoms with Crippen LogP contribution in [-0.4, -0.2) is 0 Å². The van der Waals surface area contributed by atoms with Crippen molar-refractivity contribution in [3.05, 3.63) is 0 Å². The van der Waals surface area contributed by atoms with E-state index in [1.54, 1.807) is 0 Å². The lowest BCUT2D eigenvalue weighted by molar-refractivity contribution is 0.367. The minimum atomic E-state index is 1.06. The lowest BCUT2D eigenvalue weighted by Crippen LogP contribution is -2.01. The van der Waals surface area contributed by atoms with Gasteiger partial charge in [-0.15, -0.1) is 0 Å². The molecule has 0 nitrogen and oxygen atoms in total. The van der Waals surface area contributed by atoms with E-state index in [0.717, 1.165) is 5.92 Å². The minimum absolute atomic E-state index is 1.06. The average molecular weight is 295 g/mol. The summed E-state index contributed by atoms with van der Waals surface area (Å²) in [7, 11) is 0. The minimum Gasteiger partial charge on any atom is -0.0654 e. The third-order valence-electron chi connectivity index (χ3n) is 5.44. The van der Waals surface area contributed by atoms with Gasteiger partial charge in [-0.3, -0.25) is 0 Å². The fraction of sp³-hybridized carbons (Fsp3) is 1.00. The summed E-state index contributed by atoms with van der Waals surface area (Å²) in [5.41, 5.74) is 0. The van der Waals surface area contributed by atoms with Gasteiger partial charge in [0, 0.05) is 0 Å². The van der Waals surface area contributed by atoms with Crippen molar-refractivity contribution in [3.8, 4) is 0 Å². The second-order valence-corrected chi connectivity index (χ2v) is 7.54. The molecule has 0 N–H and O–H groups in total. The first-order valence-corrected chi connectivity index (χ1v) is 10.4. The molecule has 1 fully saturated rings. The highest BCUT2D eigenvalue weighted by Crippen LogP contribution is 2.25. The predicted molar refractivity (Wildman–Crippen MR) is 96.9 cm³/mol. The number of hydrogen-bond donors (Lipinski definition) is 0. The summed E-state index contributed by atoms with van der Waals surface area (Å²) in [5, 5.41) is 0. The van der Waals surface area contributed by atoms with Crippen LogP contribution in [0.25, 0.3) is 0 Å². The van der Waals surface area contributed by atoms with E-state index in [4.69, 9.17) is 0 Å². The van der Waals surface area contributed by atoms with Crippen molar-refractivity contribution in [2.24, 2.45) is 5.92 Å². The molecule has 0 heteroatoms. The van der Waals surface area contributed by atoms with Crippen LogP contribution in [0.15, 0.2) is 0 Å². The number of rotatable bonds is 5. The van der Waals surface area contributed by atoms with E-state index in [0.29, 0.717) is 0 Å². The molecule has 0 amide bonds. The number of unbranched alkanes of at least 4 members (excludes halogenated alkanes) is 3. The predicted octanol–water partition coefficient (Wildman–Crippen LogP) is 8.05. The summed E-state index contributed by atoms with van der Waals surface area (Å²) in [6.07, 6.45) is 28.4. The highest BCUT2D eigenvalue weighted by Gasteiger charge is 2.08. The zero-order valence-electron chi connectivity index (χ0n) is 15.0.